The maximum absolute atomic E-state index is 14.7. The summed E-state index contributed by atoms with van der Waals surface area (Å²) in [6, 6.07) is 8.54. The number of nitrogens with one attached hydrogen (secondary N) is 1. The summed E-state index contributed by atoms with van der Waals surface area (Å²) in [7, 11) is 0. The van der Waals surface area contributed by atoms with Crippen LogP contribution in [0.15, 0.2) is 48.7 Å². The average molecular weight is 745 g/mol. The third-order valence-electron chi connectivity index (χ3n) is 4.48. The summed E-state index contributed by atoms with van der Waals surface area (Å²) < 4.78 is 82.2. The van der Waals surface area contributed by atoms with Crippen LogP contribution in [0, 0.1) is 12.3 Å². The van der Waals surface area contributed by atoms with Gasteiger partial charge >= 0.3 is 16.7 Å². The molecule has 0 spiro atoms. The number of rotatable bonds is 4. The molecule has 3 aromatic rings. The quantitative estimate of drug-likeness (QED) is 0.107. The van der Waals surface area contributed by atoms with E-state index in [-0.39, 0.29) is 18.4 Å². The first kappa shape index (κ1) is 25.3. The average Bonchev–Trinajstić information content (AvgIpc) is 2.68. The van der Waals surface area contributed by atoms with Crippen molar-refractivity contribution in [3.63, 3.8) is 0 Å². The summed E-state index contributed by atoms with van der Waals surface area (Å²) in [5.41, 5.74) is -5.82. The Morgan fingerprint density at radius 1 is 1.00 bits per heavy atom. The zero-order valence-corrected chi connectivity index (χ0v) is 21.2. The molecule has 0 saturated heterocycles. The lowest BCUT2D eigenvalue weighted by atomic mass is 9.95. The van der Waals surface area contributed by atoms with Gasteiger partial charge in [0.2, 0.25) is 5.52 Å². The molecule has 1 heterocycles. The van der Waals surface area contributed by atoms with E-state index in [4.69, 9.17) is 0 Å². The van der Waals surface area contributed by atoms with Gasteiger partial charge in [0, 0.05) is 35.8 Å². The molecule has 0 bridgehead atoms. The number of nitrogens with zero attached hydrogens (tertiary/aromatic N) is 1. The third-order valence-corrected chi connectivity index (χ3v) is 6.73. The third kappa shape index (κ3) is 4.51. The number of alkyl halides is 7. The molecular weight excluding hydrogens is 736 g/mol. The molecule has 32 heavy (non-hydrogen) atoms. The molecule has 0 aliphatic carbocycles. The summed E-state index contributed by atoms with van der Waals surface area (Å²) in [5, 5.41) is 14.7. The van der Waals surface area contributed by atoms with Crippen molar-refractivity contribution in [2.45, 2.75) is 16.7 Å². The molecule has 4 nitrogen and oxygen atoms in total. The van der Waals surface area contributed by atoms with Gasteiger partial charge in [0.25, 0.3) is 5.91 Å². The normalized spacial score (nSPS) is 14.3. The van der Waals surface area contributed by atoms with Crippen molar-refractivity contribution in [1.29, 1.82) is 0 Å². The van der Waals surface area contributed by atoms with Crippen molar-refractivity contribution in [1.82, 2.24) is 0 Å². The number of halogens is 9. The predicted octanol–water partition coefficient (Wildman–Crippen LogP) is 6.65. The minimum Gasteiger partial charge on any atom is -0.618 e. The van der Waals surface area contributed by atoms with Crippen LogP contribution in [-0.4, -0.2) is 16.9 Å². The van der Waals surface area contributed by atoms with Gasteiger partial charge in [0.1, 0.15) is 0 Å². The Bertz CT molecular complexity index is 1180. The van der Waals surface area contributed by atoms with E-state index in [1.54, 1.807) is 6.07 Å². The lowest BCUT2D eigenvalue weighted by molar-refractivity contribution is -0.577. The van der Waals surface area contributed by atoms with E-state index in [0.717, 1.165) is 0 Å². The molecule has 0 aliphatic rings. The summed E-state index contributed by atoms with van der Waals surface area (Å²) in [6.07, 6.45) is -4.63. The van der Waals surface area contributed by atoms with Gasteiger partial charge in [0.05, 0.1) is 5.69 Å². The Balaban J connectivity index is 1.99. The molecule has 0 fully saturated rings. The molecule has 1 N–H and O–H groups in total. The van der Waals surface area contributed by atoms with Crippen LogP contribution < -0.4 is 10.0 Å². The number of carbonyl (C=O) groups is 1. The summed E-state index contributed by atoms with van der Waals surface area (Å²) in [6.45, 7) is 0. The molecular formula is C19H9BrF6I2N2O2. The van der Waals surface area contributed by atoms with Crippen molar-refractivity contribution in [2.75, 3.05) is 5.32 Å². The fourth-order valence-electron chi connectivity index (χ4n) is 2.90. The van der Waals surface area contributed by atoms with Crippen LogP contribution >= 0.6 is 61.1 Å². The minimum atomic E-state index is -5.92. The van der Waals surface area contributed by atoms with E-state index >= 15 is 0 Å². The molecule has 1 unspecified atom stereocenters. The van der Waals surface area contributed by atoms with Gasteiger partial charge in [-0.15, -0.1) is 0 Å². The van der Waals surface area contributed by atoms with Crippen molar-refractivity contribution in [3.05, 3.63) is 72.1 Å². The SMILES string of the molecule is O=C(Nc1c(I)cc(C(F)(C(F)(F)F)C(F)(F)Br)cc1I)c1ccc2c(ccc[n+]2[O-])c1. The van der Waals surface area contributed by atoms with Gasteiger partial charge in [-0.05, 0) is 91.4 Å². The Labute approximate surface area is 212 Å². The van der Waals surface area contributed by atoms with Crippen molar-refractivity contribution in [2.24, 2.45) is 0 Å². The zero-order valence-electron chi connectivity index (χ0n) is 15.3. The summed E-state index contributed by atoms with van der Waals surface area (Å²) in [5.74, 6) is -0.662. The van der Waals surface area contributed by atoms with Crippen LogP contribution in [0.4, 0.5) is 32.0 Å². The van der Waals surface area contributed by atoms with E-state index < -0.39 is 28.1 Å². The molecule has 1 amide bonds. The fraction of sp³-hybridized carbons (Fsp3) is 0.158. The Hall–Kier alpha value is -1.36. The van der Waals surface area contributed by atoms with Gasteiger partial charge in [0.15, 0.2) is 6.20 Å². The van der Waals surface area contributed by atoms with Crippen LogP contribution in [0.5, 0.6) is 0 Å². The Kier molecular flexibility index (Phi) is 6.93. The second-order valence-corrected chi connectivity index (χ2v) is 9.85. The lowest BCUT2D eigenvalue weighted by Gasteiger charge is -2.32. The number of hydrogen-bond acceptors (Lipinski definition) is 2. The molecule has 1 atom stereocenters. The van der Waals surface area contributed by atoms with Crippen LogP contribution in [0.2, 0.25) is 0 Å². The van der Waals surface area contributed by atoms with Gasteiger partial charge in [-0.3, -0.25) is 4.79 Å². The molecule has 2 aromatic carbocycles. The number of anilines is 1. The highest BCUT2D eigenvalue weighted by Crippen LogP contribution is 2.55. The number of benzene rings is 2. The largest absolute Gasteiger partial charge is 0.618 e. The fourth-order valence-corrected chi connectivity index (χ4v) is 5.39. The van der Waals surface area contributed by atoms with Gasteiger partial charge in [-0.25, -0.2) is 4.39 Å². The molecule has 3 rings (SSSR count). The van der Waals surface area contributed by atoms with Gasteiger partial charge < -0.3 is 10.5 Å². The van der Waals surface area contributed by atoms with E-state index in [1.165, 1.54) is 91.6 Å². The maximum Gasteiger partial charge on any atom is 0.433 e. The smallest absolute Gasteiger partial charge is 0.433 e. The van der Waals surface area contributed by atoms with Crippen molar-refractivity contribution < 1.29 is 35.9 Å². The zero-order chi connectivity index (χ0) is 24.1. The number of carbonyl (C=O) groups excluding carboxylic acids is 1. The second kappa shape index (κ2) is 8.77. The molecule has 13 heteroatoms. The first-order valence-corrected chi connectivity index (χ1v) is 11.4. The molecule has 0 saturated carbocycles. The number of hydrogen-bond donors (Lipinski definition) is 1. The summed E-state index contributed by atoms with van der Waals surface area (Å²) >= 11 is 4.55. The van der Waals surface area contributed by atoms with E-state index in [2.05, 4.69) is 5.32 Å². The molecule has 0 aliphatic heterocycles. The number of aromatic nitrogens is 1. The van der Waals surface area contributed by atoms with Crippen LogP contribution in [0.1, 0.15) is 15.9 Å². The predicted molar refractivity (Wildman–Crippen MR) is 125 cm³/mol. The monoisotopic (exact) mass is 744 g/mol. The minimum absolute atomic E-state index is 0.0226. The molecule has 1 aromatic heterocycles. The lowest BCUT2D eigenvalue weighted by Crippen LogP contribution is -2.49. The van der Waals surface area contributed by atoms with Crippen molar-refractivity contribution >= 4 is 83.6 Å². The van der Waals surface area contributed by atoms with Gasteiger partial charge in [-0.2, -0.15) is 26.7 Å². The Morgan fingerprint density at radius 3 is 2.12 bits per heavy atom. The van der Waals surface area contributed by atoms with Crippen LogP contribution in [0.3, 0.4) is 0 Å². The van der Waals surface area contributed by atoms with Crippen LogP contribution in [-0.2, 0) is 5.67 Å². The summed E-state index contributed by atoms with van der Waals surface area (Å²) in [4.78, 5) is 7.73. The highest BCUT2D eigenvalue weighted by Gasteiger charge is 2.71. The number of amides is 1. The first-order valence-electron chi connectivity index (χ1n) is 8.42. The molecule has 0 radical (unpaired) electrons. The van der Waals surface area contributed by atoms with Gasteiger partial charge in [-0.1, -0.05) is 0 Å². The number of fused-ring (bicyclic) bond motifs is 1. The standard InChI is InChI=1S/C19H9BrF6I2N2O2/c20-18(22,23)17(21,19(24,25)26)11-7-12(27)15(13(28)8-11)29-16(31)10-3-4-14-9(6-10)2-1-5-30(14)32/h1-8H,(H,29,31). The highest BCUT2D eigenvalue weighted by molar-refractivity contribution is 14.1. The van der Waals surface area contributed by atoms with Crippen molar-refractivity contribution in [3.8, 4) is 0 Å². The Morgan fingerprint density at radius 2 is 1.59 bits per heavy atom. The van der Waals surface area contributed by atoms with E-state index in [1.807, 2.05) is 0 Å². The molecule has 170 valence electrons. The van der Waals surface area contributed by atoms with E-state index in [9.17, 15) is 36.3 Å². The highest BCUT2D eigenvalue weighted by atomic mass is 127. The topological polar surface area (TPSA) is 56.0 Å². The first-order chi connectivity index (χ1) is 14.7. The maximum atomic E-state index is 14.7. The van der Waals surface area contributed by atoms with Crippen LogP contribution in [0.25, 0.3) is 10.9 Å². The van der Waals surface area contributed by atoms with E-state index in [0.29, 0.717) is 27.8 Å². The number of pyridine rings is 1. The second-order valence-electron chi connectivity index (χ2n) is 6.53.